The molecule has 4 aromatic rings. The Labute approximate surface area is 227 Å². The highest BCUT2D eigenvalue weighted by Crippen LogP contribution is 2.20. The molecule has 194 valence electrons. The molecular weight excluding hydrogens is 524 g/mol. The molecule has 0 saturated heterocycles. The second-order valence-corrected chi connectivity index (χ2v) is 8.35. The Bertz CT molecular complexity index is 1590. The van der Waals surface area contributed by atoms with Gasteiger partial charge in [0.05, 0.1) is 27.3 Å². The largest absolute Gasteiger partial charge is 0.422 e. The van der Waals surface area contributed by atoms with E-state index in [1.165, 1.54) is 42.6 Å². The Morgan fingerprint density at radius 1 is 0.846 bits per heavy atom. The SMILES string of the molecule is O=C(NN=Cc1ccccc1OC(=O)c1ccc([N+](=O)[O-])cc1)c1cccc(NC(=O)c2ccccc2Cl)c1. The van der Waals surface area contributed by atoms with Crippen LogP contribution in [0.25, 0.3) is 0 Å². The van der Waals surface area contributed by atoms with Crippen LogP contribution < -0.4 is 15.5 Å². The number of carbonyl (C=O) groups is 3. The number of non-ortho nitro benzene ring substituents is 1. The lowest BCUT2D eigenvalue weighted by Crippen LogP contribution is -2.18. The molecule has 0 aliphatic carbocycles. The predicted octanol–water partition coefficient (Wildman–Crippen LogP) is 5.48. The van der Waals surface area contributed by atoms with Crippen LogP contribution in [0.4, 0.5) is 11.4 Å². The van der Waals surface area contributed by atoms with Crippen LogP contribution in [0.2, 0.25) is 5.02 Å². The number of ether oxygens (including phenoxy) is 1. The maximum absolute atomic E-state index is 12.6. The smallest absolute Gasteiger partial charge is 0.343 e. The molecule has 0 heterocycles. The molecule has 4 rings (SSSR count). The van der Waals surface area contributed by atoms with E-state index in [0.29, 0.717) is 21.8 Å². The lowest BCUT2D eigenvalue weighted by Gasteiger charge is -2.08. The van der Waals surface area contributed by atoms with Crippen molar-refractivity contribution in [3.8, 4) is 5.75 Å². The zero-order valence-corrected chi connectivity index (χ0v) is 20.8. The number of hydrogen-bond donors (Lipinski definition) is 2. The minimum atomic E-state index is -0.717. The van der Waals surface area contributed by atoms with Crippen molar-refractivity contribution in [2.45, 2.75) is 0 Å². The average Bonchev–Trinajstić information content (AvgIpc) is 2.94. The van der Waals surface area contributed by atoms with Gasteiger partial charge in [-0.3, -0.25) is 19.7 Å². The van der Waals surface area contributed by atoms with Gasteiger partial charge in [0.1, 0.15) is 5.75 Å². The van der Waals surface area contributed by atoms with Gasteiger partial charge in [-0.15, -0.1) is 0 Å². The third-order valence-electron chi connectivity index (χ3n) is 5.31. The molecule has 0 fully saturated rings. The predicted molar refractivity (Wildman–Crippen MR) is 145 cm³/mol. The normalized spacial score (nSPS) is 10.6. The van der Waals surface area contributed by atoms with Crippen LogP contribution in [-0.2, 0) is 0 Å². The second kappa shape index (κ2) is 12.3. The maximum Gasteiger partial charge on any atom is 0.343 e. The first-order valence-corrected chi connectivity index (χ1v) is 11.7. The number of carbonyl (C=O) groups excluding carboxylic acids is 3. The van der Waals surface area contributed by atoms with Crippen molar-refractivity contribution in [1.29, 1.82) is 0 Å². The quantitative estimate of drug-likeness (QED) is 0.0992. The minimum Gasteiger partial charge on any atom is -0.422 e. The molecule has 0 spiro atoms. The van der Waals surface area contributed by atoms with Gasteiger partial charge in [-0.25, -0.2) is 10.2 Å². The van der Waals surface area contributed by atoms with Crippen LogP contribution in [0.15, 0.2) is 102 Å². The molecule has 0 unspecified atom stereocenters. The summed E-state index contributed by atoms with van der Waals surface area (Å²) in [6.07, 6.45) is 1.30. The Hall–Kier alpha value is -5.35. The number of nitrogens with zero attached hydrogens (tertiary/aromatic N) is 2. The van der Waals surface area contributed by atoms with Crippen molar-refractivity contribution in [2.24, 2.45) is 5.10 Å². The fourth-order valence-electron chi connectivity index (χ4n) is 3.37. The summed E-state index contributed by atoms with van der Waals surface area (Å²) in [6, 6.07) is 24.4. The van der Waals surface area contributed by atoms with Gasteiger partial charge in [0.2, 0.25) is 0 Å². The topological polar surface area (TPSA) is 140 Å². The molecule has 10 nitrogen and oxygen atoms in total. The zero-order valence-electron chi connectivity index (χ0n) is 20.0. The van der Waals surface area contributed by atoms with Crippen LogP contribution in [0.5, 0.6) is 5.75 Å². The maximum atomic E-state index is 12.6. The van der Waals surface area contributed by atoms with Crippen LogP contribution in [0.3, 0.4) is 0 Å². The molecule has 4 aromatic carbocycles. The number of para-hydroxylation sites is 1. The zero-order chi connectivity index (χ0) is 27.8. The molecule has 0 aromatic heterocycles. The summed E-state index contributed by atoms with van der Waals surface area (Å²) < 4.78 is 5.41. The van der Waals surface area contributed by atoms with Crippen molar-refractivity contribution in [3.63, 3.8) is 0 Å². The molecule has 0 radical (unpaired) electrons. The number of nitro benzene ring substituents is 1. The van der Waals surface area contributed by atoms with Gasteiger partial charge in [0.25, 0.3) is 17.5 Å². The van der Waals surface area contributed by atoms with E-state index in [2.05, 4.69) is 15.8 Å². The first kappa shape index (κ1) is 26.7. The molecule has 0 aliphatic heterocycles. The van der Waals surface area contributed by atoms with Gasteiger partial charge < -0.3 is 10.1 Å². The average molecular weight is 543 g/mol. The molecule has 11 heteroatoms. The fourth-order valence-corrected chi connectivity index (χ4v) is 3.59. The van der Waals surface area contributed by atoms with E-state index in [9.17, 15) is 24.5 Å². The highest BCUT2D eigenvalue weighted by Gasteiger charge is 2.14. The van der Waals surface area contributed by atoms with Gasteiger partial charge in [-0.05, 0) is 54.6 Å². The van der Waals surface area contributed by atoms with Crippen molar-refractivity contribution >= 4 is 47.0 Å². The molecule has 2 amide bonds. The van der Waals surface area contributed by atoms with Crippen molar-refractivity contribution in [2.75, 3.05) is 5.32 Å². The van der Waals surface area contributed by atoms with E-state index in [0.717, 1.165) is 0 Å². The molecule has 0 aliphatic rings. The summed E-state index contributed by atoms with van der Waals surface area (Å²) in [5, 5.41) is 17.8. The lowest BCUT2D eigenvalue weighted by molar-refractivity contribution is -0.384. The number of nitro groups is 1. The van der Waals surface area contributed by atoms with E-state index in [1.54, 1.807) is 60.7 Å². The Morgan fingerprint density at radius 3 is 2.31 bits per heavy atom. The molecule has 0 bridgehead atoms. The van der Waals surface area contributed by atoms with Crippen LogP contribution in [0, 0.1) is 10.1 Å². The molecular formula is C28H19ClN4O6. The monoisotopic (exact) mass is 542 g/mol. The van der Waals surface area contributed by atoms with E-state index in [1.807, 2.05) is 0 Å². The van der Waals surface area contributed by atoms with Gasteiger partial charge in [-0.1, -0.05) is 41.9 Å². The number of hydrogen-bond acceptors (Lipinski definition) is 7. The van der Waals surface area contributed by atoms with E-state index >= 15 is 0 Å². The van der Waals surface area contributed by atoms with Gasteiger partial charge in [-0.2, -0.15) is 5.10 Å². The number of halogens is 1. The summed E-state index contributed by atoms with van der Waals surface area (Å²) in [7, 11) is 0. The molecule has 39 heavy (non-hydrogen) atoms. The van der Waals surface area contributed by atoms with Crippen LogP contribution in [-0.4, -0.2) is 28.9 Å². The number of esters is 1. The highest BCUT2D eigenvalue weighted by atomic mass is 35.5. The van der Waals surface area contributed by atoms with Crippen LogP contribution >= 0.6 is 11.6 Å². The number of hydrazone groups is 1. The third-order valence-corrected chi connectivity index (χ3v) is 5.64. The summed E-state index contributed by atoms with van der Waals surface area (Å²) in [5.41, 5.74) is 3.69. The summed E-state index contributed by atoms with van der Waals surface area (Å²) in [6.45, 7) is 0. The van der Waals surface area contributed by atoms with Crippen LogP contribution in [0.1, 0.15) is 36.6 Å². The molecule has 0 atom stereocenters. The van der Waals surface area contributed by atoms with Gasteiger partial charge in [0.15, 0.2) is 0 Å². The van der Waals surface area contributed by atoms with Gasteiger partial charge >= 0.3 is 5.97 Å². The Kier molecular flexibility index (Phi) is 8.40. The molecule has 2 N–H and O–H groups in total. The van der Waals surface area contributed by atoms with E-state index < -0.39 is 22.7 Å². The first-order chi connectivity index (χ1) is 18.8. The Balaban J connectivity index is 1.40. The summed E-state index contributed by atoms with van der Waals surface area (Å²) in [5.74, 6) is -1.51. The number of nitrogens with one attached hydrogen (secondary N) is 2. The lowest BCUT2D eigenvalue weighted by atomic mass is 10.1. The second-order valence-electron chi connectivity index (χ2n) is 7.95. The van der Waals surface area contributed by atoms with E-state index in [-0.39, 0.29) is 22.6 Å². The first-order valence-electron chi connectivity index (χ1n) is 11.4. The number of benzene rings is 4. The number of amides is 2. The van der Waals surface area contributed by atoms with Gasteiger partial charge in [0, 0.05) is 28.9 Å². The summed E-state index contributed by atoms with van der Waals surface area (Å²) >= 11 is 6.07. The van der Waals surface area contributed by atoms with Crippen molar-refractivity contribution in [3.05, 3.63) is 134 Å². The van der Waals surface area contributed by atoms with Crippen molar-refractivity contribution < 1.29 is 24.0 Å². The fraction of sp³-hybridized carbons (Fsp3) is 0. The number of rotatable bonds is 8. The van der Waals surface area contributed by atoms with Crippen molar-refractivity contribution in [1.82, 2.24) is 5.43 Å². The standard InChI is InChI=1S/C28H19ClN4O6/c29-24-10-3-2-9-23(24)27(35)31-21-8-5-7-19(16-21)26(34)32-30-17-20-6-1-4-11-25(20)39-28(36)18-12-14-22(15-13-18)33(37)38/h1-17H,(H,31,35)(H,32,34). The summed E-state index contributed by atoms with van der Waals surface area (Å²) in [4.78, 5) is 47.9. The highest BCUT2D eigenvalue weighted by molar-refractivity contribution is 6.34. The third kappa shape index (κ3) is 6.90. The minimum absolute atomic E-state index is 0.127. The molecule has 0 saturated carbocycles. The number of anilines is 1. The Morgan fingerprint density at radius 2 is 1.56 bits per heavy atom. The van der Waals surface area contributed by atoms with E-state index in [4.69, 9.17) is 16.3 Å².